The first-order valence-corrected chi connectivity index (χ1v) is 6.71. The Morgan fingerprint density at radius 2 is 2.12 bits per heavy atom. The summed E-state index contributed by atoms with van der Waals surface area (Å²) < 4.78 is 35.1. The number of carbonyl (C=O) groups is 1. The van der Waals surface area contributed by atoms with Crippen molar-refractivity contribution in [2.75, 3.05) is 22.6 Å². The van der Waals surface area contributed by atoms with Crippen LogP contribution in [0.2, 0.25) is 0 Å². The number of amides is 1. The molecule has 1 aromatic rings. The number of nitrogens with one attached hydrogen (secondary N) is 1. The first kappa shape index (κ1) is 13.4. The molecular formula is C10H13FN2O3S. The lowest BCUT2D eigenvalue weighted by atomic mass is 10.2. The summed E-state index contributed by atoms with van der Waals surface area (Å²) in [4.78, 5) is 11.4. The zero-order valence-electron chi connectivity index (χ0n) is 9.23. The van der Waals surface area contributed by atoms with Gasteiger partial charge in [0.1, 0.15) is 11.6 Å². The lowest BCUT2D eigenvalue weighted by Gasteiger charge is -2.07. The molecule has 94 valence electrons. The number of halogens is 1. The molecule has 0 saturated heterocycles. The van der Waals surface area contributed by atoms with E-state index in [1.54, 1.807) is 0 Å². The van der Waals surface area contributed by atoms with Crippen molar-refractivity contribution in [3.63, 3.8) is 0 Å². The Balaban J connectivity index is 2.75. The smallest absolute Gasteiger partial charge is 0.239 e. The van der Waals surface area contributed by atoms with Gasteiger partial charge in [-0.15, -0.1) is 0 Å². The molecule has 0 bridgehead atoms. The van der Waals surface area contributed by atoms with E-state index in [2.05, 4.69) is 5.32 Å². The van der Waals surface area contributed by atoms with Crippen LogP contribution in [-0.4, -0.2) is 25.8 Å². The van der Waals surface area contributed by atoms with E-state index < -0.39 is 27.3 Å². The minimum absolute atomic E-state index is 0.0484. The largest absolute Gasteiger partial charge is 0.397 e. The zero-order chi connectivity index (χ0) is 13.1. The maximum Gasteiger partial charge on any atom is 0.239 e. The molecule has 0 saturated carbocycles. The lowest BCUT2D eigenvalue weighted by Crippen LogP contribution is -2.24. The summed E-state index contributed by atoms with van der Waals surface area (Å²) in [6.07, 6.45) is 0. The molecule has 0 spiro atoms. The second-order valence-electron chi connectivity index (χ2n) is 3.46. The van der Waals surface area contributed by atoms with Gasteiger partial charge in [-0.1, -0.05) is 6.92 Å². The highest BCUT2D eigenvalue weighted by molar-refractivity contribution is 7.92. The van der Waals surface area contributed by atoms with Crippen LogP contribution >= 0.6 is 0 Å². The summed E-state index contributed by atoms with van der Waals surface area (Å²) in [7, 11) is -3.39. The Labute approximate surface area is 98.7 Å². The van der Waals surface area contributed by atoms with E-state index in [0.717, 1.165) is 12.1 Å². The molecule has 0 aliphatic rings. The Kier molecular flexibility index (Phi) is 4.06. The third-order valence-electron chi connectivity index (χ3n) is 2.08. The normalized spacial score (nSPS) is 11.2. The highest BCUT2D eigenvalue weighted by Crippen LogP contribution is 2.18. The standard InChI is InChI=1S/C10H13FN2O3S/c1-2-17(15,16)6-10(14)13-9-4-3-7(11)5-8(9)12/h3-5H,2,6,12H2,1H3,(H,13,14). The van der Waals surface area contributed by atoms with Gasteiger partial charge in [0.25, 0.3) is 0 Å². The summed E-state index contributed by atoms with van der Waals surface area (Å²) in [5.74, 6) is -1.94. The third-order valence-corrected chi connectivity index (χ3v) is 3.66. The Morgan fingerprint density at radius 3 is 2.65 bits per heavy atom. The number of carbonyl (C=O) groups excluding carboxylic acids is 1. The number of hydrogen-bond donors (Lipinski definition) is 2. The monoisotopic (exact) mass is 260 g/mol. The van der Waals surface area contributed by atoms with Crippen molar-refractivity contribution in [2.24, 2.45) is 0 Å². The third kappa shape index (κ3) is 4.03. The SMILES string of the molecule is CCS(=O)(=O)CC(=O)Nc1ccc(F)cc1N. The molecule has 1 rings (SSSR count). The quantitative estimate of drug-likeness (QED) is 0.783. The summed E-state index contributed by atoms with van der Waals surface area (Å²) >= 11 is 0. The van der Waals surface area contributed by atoms with Gasteiger partial charge < -0.3 is 11.1 Å². The average molecular weight is 260 g/mol. The van der Waals surface area contributed by atoms with E-state index in [9.17, 15) is 17.6 Å². The molecule has 0 unspecified atom stereocenters. The van der Waals surface area contributed by atoms with Gasteiger partial charge >= 0.3 is 0 Å². The molecule has 0 atom stereocenters. The van der Waals surface area contributed by atoms with Crippen LogP contribution in [0.5, 0.6) is 0 Å². The van der Waals surface area contributed by atoms with Crippen molar-refractivity contribution in [1.29, 1.82) is 0 Å². The van der Waals surface area contributed by atoms with Gasteiger partial charge in [0, 0.05) is 5.75 Å². The van der Waals surface area contributed by atoms with Crippen molar-refractivity contribution in [2.45, 2.75) is 6.92 Å². The molecule has 17 heavy (non-hydrogen) atoms. The van der Waals surface area contributed by atoms with Crippen LogP contribution in [0.3, 0.4) is 0 Å². The molecular weight excluding hydrogens is 247 g/mol. The molecule has 0 aromatic heterocycles. The van der Waals surface area contributed by atoms with Gasteiger partial charge in [-0.25, -0.2) is 12.8 Å². The Morgan fingerprint density at radius 1 is 1.47 bits per heavy atom. The number of nitrogens with two attached hydrogens (primary N) is 1. The highest BCUT2D eigenvalue weighted by Gasteiger charge is 2.15. The van der Waals surface area contributed by atoms with Gasteiger partial charge in [-0.05, 0) is 18.2 Å². The number of rotatable bonds is 4. The molecule has 0 heterocycles. The maximum atomic E-state index is 12.7. The summed E-state index contributed by atoms with van der Waals surface area (Å²) in [5.41, 5.74) is 5.71. The first-order chi connectivity index (χ1) is 7.84. The number of sulfone groups is 1. The van der Waals surface area contributed by atoms with Crippen LogP contribution in [0, 0.1) is 5.82 Å². The fraction of sp³-hybridized carbons (Fsp3) is 0.300. The van der Waals surface area contributed by atoms with E-state index in [0.29, 0.717) is 0 Å². The number of anilines is 2. The number of benzene rings is 1. The van der Waals surface area contributed by atoms with E-state index in [1.165, 1.54) is 13.0 Å². The van der Waals surface area contributed by atoms with Crippen molar-refractivity contribution >= 4 is 27.1 Å². The van der Waals surface area contributed by atoms with Gasteiger partial charge in [0.2, 0.25) is 5.91 Å². The van der Waals surface area contributed by atoms with E-state index in [4.69, 9.17) is 5.73 Å². The maximum absolute atomic E-state index is 12.7. The number of nitrogen functional groups attached to an aromatic ring is 1. The van der Waals surface area contributed by atoms with Crippen LogP contribution in [0.25, 0.3) is 0 Å². The summed E-state index contributed by atoms with van der Waals surface area (Å²) in [6, 6.07) is 3.45. The molecule has 3 N–H and O–H groups in total. The fourth-order valence-corrected chi connectivity index (χ4v) is 1.81. The van der Waals surface area contributed by atoms with Crippen LogP contribution < -0.4 is 11.1 Å². The molecule has 1 amide bonds. The molecule has 1 aromatic carbocycles. The Hall–Kier alpha value is -1.63. The predicted molar refractivity (Wildman–Crippen MR) is 63.8 cm³/mol. The van der Waals surface area contributed by atoms with Crippen LogP contribution in [0.15, 0.2) is 18.2 Å². The van der Waals surface area contributed by atoms with Gasteiger partial charge in [-0.3, -0.25) is 4.79 Å². The molecule has 0 aliphatic heterocycles. The average Bonchev–Trinajstić information content (AvgIpc) is 2.21. The first-order valence-electron chi connectivity index (χ1n) is 4.89. The topological polar surface area (TPSA) is 89.3 Å². The summed E-state index contributed by atoms with van der Waals surface area (Å²) in [5, 5.41) is 2.32. The summed E-state index contributed by atoms with van der Waals surface area (Å²) in [6.45, 7) is 1.45. The van der Waals surface area contributed by atoms with E-state index >= 15 is 0 Å². The predicted octanol–water partition coefficient (Wildman–Crippen LogP) is 0.781. The van der Waals surface area contributed by atoms with Crippen LogP contribution in [0.4, 0.5) is 15.8 Å². The number of hydrogen-bond acceptors (Lipinski definition) is 4. The lowest BCUT2D eigenvalue weighted by molar-refractivity contribution is -0.113. The van der Waals surface area contributed by atoms with Crippen molar-refractivity contribution in [3.8, 4) is 0 Å². The van der Waals surface area contributed by atoms with Crippen LogP contribution in [0.1, 0.15) is 6.92 Å². The van der Waals surface area contributed by atoms with Gasteiger partial charge in [-0.2, -0.15) is 0 Å². The Bertz CT molecular complexity index is 528. The second kappa shape index (κ2) is 5.13. The van der Waals surface area contributed by atoms with E-state index in [-0.39, 0.29) is 17.1 Å². The van der Waals surface area contributed by atoms with E-state index in [1.807, 2.05) is 0 Å². The molecule has 7 heteroatoms. The zero-order valence-corrected chi connectivity index (χ0v) is 10.1. The van der Waals surface area contributed by atoms with Crippen molar-refractivity contribution in [1.82, 2.24) is 0 Å². The minimum Gasteiger partial charge on any atom is -0.397 e. The molecule has 0 aliphatic carbocycles. The van der Waals surface area contributed by atoms with Gasteiger partial charge in [0.05, 0.1) is 11.4 Å². The minimum atomic E-state index is -3.39. The van der Waals surface area contributed by atoms with Gasteiger partial charge in [0.15, 0.2) is 9.84 Å². The molecule has 0 fully saturated rings. The van der Waals surface area contributed by atoms with Crippen molar-refractivity contribution < 1.29 is 17.6 Å². The highest BCUT2D eigenvalue weighted by atomic mass is 32.2. The fourth-order valence-electron chi connectivity index (χ4n) is 1.14. The molecule has 0 radical (unpaired) electrons. The second-order valence-corrected chi connectivity index (χ2v) is 5.81. The van der Waals surface area contributed by atoms with Crippen LogP contribution in [-0.2, 0) is 14.6 Å². The molecule has 5 nitrogen and oxygen atoms in total. The van der Waals surface area contributed by atoms with Crippen molar-refractivity contribution in [3.05, 3.63) is 24.0 Å².